The third kappa shape index (κ3) is 8.49. The molecule has 2 N–H and O–H groups in total. The first-order valence-electron chi connectivity index (χ1n) is 14.0. The van der Waals surface area contributed by atoms with Crippen LogP contribution in [0.5, 0.6) is 5.75 Å². The Labute approximate surface area is 247 Å². The molecule has 1 atom stereocenters. The monoisotopic (exact) mass is 573 g/mol. The summed E-state index contributed by atoms with van der Waals surface area (Å²) in [5, 5.41) is 5.54. The summed E-state index contributed by atoms with van der Waals surface area (Å²) in [7, 11) is 0. The lowest BCUT2D eigenvalue weighted by Gasteiger charge is -2.45. The molecule has 9 heteroatoms. The largest absolute Gasteiger partial charge is 0.490 e. The molecule has 0 radical (unpaired) electrons. The molecular formula is C33H39N3O6. The molecule has 1 aliphatic heterocycles. The zero-order valence-corrected chi connectivity index (χ0v) is 24.8. The summed E-state index contributed by atoms with van der Waals surface area (Å²) in [5.74, 6) is 0.307. The lowest BCUT2D eigenvalue weighted by Crippen LogP contribution is -2.56. The fourth-order valence-electron chi connectivity index (χ4n) is 4.74. The predicted octanol–water partition coefficient (Wildman–Crippen LogP) is 7.24. The second-order valence-corrected chi connectivity index (χ2v) is 11.9. The van der Waals surface area contributed by atoms with Gasteiger partial charge in [0.05, 0.1) is 11.4 Å². The minimum Gasteiger partial charge on any atom is -0.490 e. The van der Waals surface area contributed by atoms with E-state index in [0.717, 1.165) is 5.56 Å². The molecule has 0 aromatic heterocycles. The van der Waals surface area contributed by atoms with Gasteiger partial charge >= 0.3 is 12.2 Å². The van der Waals surface area contributed by atoms with Gasteiger partial charge < -0.3 is 24.4 Å². The molecule has 4 rings (SSSR count). The van der Waals surface area contributed by atoms with E-state index >= 15 is 0 Å². The summed E-state index contributed by atoms with van der Waals surface area (Å²) in [6, 6.07) is 23.2. The quantitative estimate of drug-likeness (QED) is 0.309. The van der Waals surface area contributed by atoms with E-state index in [1.54, 1.807) is 53.4 Å². The highest BCUT2D eigenvalue weighted by Gasteiger charge is 2.40. The number of nitrogens with zero attached hydrogens (tertiary/aromatic N) is 1. The first-order chi connectivity index (χ1) is 19.9. The average molecular weight is 574 g/mol. The molecule has 0 saturated carbocycles. The van der Waals surface area contributed by atoms with Crippen LogP contribution in [-0.4, -0.2) is 46.8 Å². The van der Waals surface area contributed by atoms with Crippen LogP contribution in [0.15, 0.2) is 78.9 Å². The first kappa shape index (κ1) is 30.4. The minimum absolute atomic E-state index is 0.0852. The smallest absolute Gasteiger partial charge is 0.412 e. The number of carbonyl (C=O) groups is 3. The van der Waals surface area contributed by atoms with Crippen LogP contribution >= 0.6 is 0 Å². The van der Waals surface area contributed by atoms with Crippen LogP contribution in [0.25, 0.3) is 0 Å². The lowest BCUT2D eigenvalue weighted by molar-refractivity contribution is -0.0262. The Kier molecular flexibility index (Phi) is 9.40. The van der Waals surface area contributed by atoms with Crippen LogP contribution in [-0.2, 0) is 16.1 Å². The van der Waals surface area contributed by atoms with Crippen molar-refractivity contribution in [1.29, 1.82) is 0 Å². The summed E-state index contributed by atoms with van der Waals surface area (Å²) < 4.78 is 17.1. The van der Waals surface area contributed by atoms with Crippen molar-refractivity contribution < 1.29 is 28.6 Å². The number of para-hydroxylation sites is 2. The zero-order valence-electron chi connectivity index (χ0n) is 24.8. The second kappa shape index (κ2) is 13.0. The first-order valence-corrected chi connectivity index (χ1v) is 14.0. The molecule has 3 amide bonds. The van der Waals surface area contributed by atoms with Crippen molar-refractivity contribution >= 4 is 29.5 Å². The number of amides is 3. The number of ether oxygens (including phenoxy) is 3. The number of piperidine rings is 1. The third-order valence-electron chi connectivity index (χ3n) is 6.79. The molecule has 0 spiro atoms. The van der Waals surface area contributed by atoms with Crippen molar-refractivity contribution in [3.05, 3.63) is 90.0 Å². The van der Waals surface area contributed by atoms with Gasteiger partial charge in [0.1, 0.15) is 24.1 Å². The van der Waals surface area contributed by atoms with E-state index in [1.807, 2.05) is 65.0 Å². The highest BCUT2D eigenvalue weighted by molar-refractivity contribution is 6.06. The molecule has 0 bridgehead atoms. The number of nitrogens with one attached hydrogen (secondary N) is 2. The Morgan fingerprint density at radius 1 is 0.881 bits per heavy atom. The van der Waals surface area contributed by atoms with Crippen molar-refractivity contribution in [2.75, 3.05) is 17.2 Å². The van der Waals surface area contributed by atoms with Gasteiger partial charge in [0.2, 0.25) is 0 Å². The highest BCUT2D eigenvalue weighted by Crippen LogP contribution is 2.32. The molecule has 1 unspecified atom stereocenters. The summed E-state index contributed by atoms with van der Waals surface area (Å²) in [5.41, 5.74) is 1.19. The number of hydrogen-bond acceptors (Lipinski definition) is 6. The molecule has 42 heavy (non-hydrogen) atoms. The van der Waals surface area contributed by atoms with E-state index < -0.39 is 17.2 Å². The van der Waals surface area contributed by atoms with E-state index in [-0.39, 0.29) is 24.7 Å². The molecular weight excluding hydrogens is 534 g/mol. The normalized spacial score (nSPS) is 16.2. The van der Waals surface area contributed by atoms with Crippen LogP contribution in [0.2, 0.25) is 0 Å². The highest BCUT2D eigenvalue weighted by atomic mass is 16.6. The Morgan fingerprint density at radius 3 is 2.12 bits per heavy atom. The minimum atomic E-state index is -0.623. The molecule has 1 aliphatic rings. The van der Waals surface area contributed by atoms with E-state index in [1.165, 1.54) is 0 Å². The van der Waals surface area contributed by atoms with E-state index in [9.17, 15) is 14.4 Å². The number of rotatable bonds is 7. The molecule has 1 fully saturated rings. The molecule has 1 saturated heterocycles. The van der Waals surface area contributed by atoms with Crippen LogP contribution in [0, 0.1) is 0 Å². The summed E-state index contributed by atoms with van der Waals surface area (Å²) in [6.07, 6.45) is 0.288. The molecule has 1 heterocycles. The van der Waals surface area contributed by atoms with Gasteiger partial charge in [0.15, 0.2) is 0 Å². The number of anilines is 2. The number of benzene rings is 3. The maximum absolute atomic E-state index is 13.0. The lowest BCUT2D eigenvalue weighted by atomic mass is 9.89. The van der Waals surface area contributed by atoms with Crippen molar-refractivity contribution in [3.63, 3.8) is 0 Å². The van der Waals surface area contributed by atoms with Crippen LogP contribution < -0.4 is 15.4 Å². The third-order valence-corrected chi connectivity index (χ3v) is 6.79. The standard InChI is InChI=1S/C33H39N3O6/c1-32(2,3)42-31(39)36-20-19-26(21-33(36,4)5)41-25-17-15-24(16-18-25)29(37)34-27-13-9-10-14-28(27)35-30(38)40-22-23-11-7-6-8-12-23/h6-18,26H,19-22H2,1-5H3,(H,34,37)(H,35,38). The van der Waals surface area contributed by atoms with Crippen LogP contribution in [0.1, 0.15) is 63.4 Å². The fraction of sp³-hybridized carbons (Fsp3) is 0.364. The van der Waals surface area contributed by atoms with Gasteiger partial charge in [-0.3, -0.25) is 10.1 Å². The van der Waals surface area contributed by atoms with Gasteiger partial charge in [0, 0.05) is 30.5 Å². The average Bonchev–Trinajstić information content (AvgIpc) is 2.92. The van der Waals surface area contributed by atoms with Gasteiger partial charge in [-0.05, 0) is 76.6 Å². The van der Waals surface area contributed by atoms with Crippen LogP contribution in [0.4, 0.5) is 21.0 Å². The van der Waals surface area contributed by atoms with E-state index in [2.05, 4.69) is 10.6 Å². The molecule has 9 nitrogen and oxygen atoms in total. The second-order valence-electron chi connectivity index (χ2n) is 11.9. The molecule has 0 aliphatic carbocycles. The topological polar surface area (TPSA) is 106 Å². The van der Waals surface area contributed by atoms with Gasteiger partial charge in [-0.15, -0.1) is 0 Å². The van der Waals surface area contributed by atoms with Crippen molar-refractivity contribution in [2.24, 2.45) is 0 Å². The number of hydrogen-bond donors (Lipinski definition) is 2. The van der Waals surface area contributed by atoms with E-state index in [4.69, 9.17) is 14.2 Å². The van der Waals surface area contributed by atoms with Crippen molar-refractivity contribution in [2.45, 2.75) is 71.3 Å². The number of likely N-dealkylation sites (tertiary alicyclic amines) is 1. The maximum atomic E-state index is 13.0. The molecule has 3 aromatic carbocycles. The Hall–Kier alpha value is -4.53. The fourth-order valence-corrected chi connectivity index (χ4v) is 4.74. The van der Waals surface area contributed by atoms with E-state index in [0.29, 0.717) is 42.1 Å². The zero-order chi connectivity index (χ0) is 30.3. The van der Waals surface area contributed by atoms with Crippen molar-refractivity contribution in [3.8, 4) is 5.75 Å². The molecule has 222 valence electrons. The molecule has 3 aromatic rings. The Balaban J connectivity index is 1.31. The maximum Gasteiger partial charge on any atom is 0.412 e. The summed E-state index contributed by atoms with van der Waals surface area (Å²) >= 11 is 0. The van der Waals surface area contributed by atoms with Crippen LogP contribution in [0.3, 0.4) is 0 Å². The van der Waals surface area contributed by atoms with Gasteiger partial charge in [-0.2, -0.15) is 0 Å². The predicted molar refractivity (Wildman–Crippen MR) is 162 cm³/mol. The van der Waals surface area contributed by atoms with Gasteiger partial charge in [0.25, 0.3) is 5.91 Å². The van der Waals surface area contributed by atoms with Gasteiger partial charge in [-0.1, -0.05) is 42.5 Å². The SMILES string of the molecule is CC(C)(C)OC(=O)N1CCC(Oc2ccc(C(=O)Nc3ccccc3NC(=O)OCc3ccccc3)cc2)CC1(C)C. The Morgan fingerprint density at radius 2 is 1.50 bits per heavy atom. The van der Waals surface area contributed by atoms with Crippen molar-refractivity contribution in [1.82, 2.24) is 4.90 Å². The number of carbonyl (C=O) groups excluding carboxylic acids is 3. The Bertz CT molecular complexity index is 1380. The van der Waals surface area contributed by atoms with Gasteiger partial charge in [-0.25, -0.2) is 9.59 Å². The summed E-state index contributed by atoms with van der Waals surface area (Å²) in [4.78, 5) is 39.8. The summed E-state index contributed by atoms with van der Waals surface area (Å²) in [6.45, 7) is 10.3.